The zero-order chi connectivity index (χ0) is 14.8. The molecule has 1 aromatic heterocycles. The molecule has 0 amide bonds. The van der Waals surface area contributed by atoms with Crippen LogP contribution in [0.25, 0.3) is 0 Å². The summed E-state index contributed by atoms with van der Waals surface area (Å²) in [4.78, 5) is 5.56. The number of rotatable bonds is 3. The van der Waals surface area contributed by atoms with Gasteiger partial charge in [-0.3, -0.25) is 4.90 Å². The van der Waals surface area contributed by atoms with Crippen molar-refractivity contribution < 1.29 is 0 Å². The van der Waals surface area contributed by atoms with Crippen molar-refractivity contribution in [2.75, 3.05) is 13.1 Å². The molecule has 2 nitrogen and oxygen atoms in total. The Morgan fingerprint density at radius 3 is 2.67 bits per heavy atom. The van der Waals surface area contributed by atoms with Gasteiger partial charge in [0, 0.05) is 41.5 Å². The third-order valence-electron chi connectivity index (χ3n) is 4.37. The van der Waals surface area contributed by atoms with E-state index in [-0.39, 0.29) is 0 Å². The van der Waals surface area contributed by atoms with Crippen LogP contribution in [0, 0.1) is 13.8 Å². The van der Waals surface area contributed by atoms with Crippen LogP contribution in [0.2, 0.25) is 0 Å². The van der Waals surface area contributed by atoms with Crippen molar-refractivity contribution in [3.63, 3.8) is 0 Å². The molecule has 0 saturated carbocycles. The van der Waals surface area contributed by atoms with Crippen LogP contribution in [0.5, 0.6) is 0 Å². The Morgan fingerprint density at radius 2 is 2.00 bits per heavy atom. The summed E-state index contributed by atoms with van der Waals surface area (Å²) < 4.78 is 0. The highest BCUT2D eigenvalue weighted by atomic mass is 32.1. The van der Waals surface area contributed by atoms with Crippen molar-refractivity contribution in [2.45, 2.75) is 39.4 Å². The van der Waals surface area contributed by atoms with E-state index in [2.05, 4.69) is 67.4 Å². The van der Waals surface area contributed by atoms with Crippen molar-refractivity contribution in [3.8, 4) is 0 Å². The summed E-state index contributed by atoms with van der Waals surface area (Å²) in [5, 5.41) is 3.62. The lowest BCUT2D eigenvalue weighted by Gasteiger charge is -2.39. The largest absolute Gasteiger partial charge is 0.311 e. The van der Waals surface area contributed by atoms with Crippen molar-refractivity contribution >= 4 is 11.3 Å². The maximum absolute atomic E-state index is 3.62. The Labute approximate surface area is 131 Å². The number of nitrogens with zero attached hydrogens (tertiary/aromatic N) is 1. The number of hydrogen-bond donors (Lipinski definition) is 1. The molecule has 112 valence electrons. The van der Waals surface area contributed by atoms with E-state index in [1.54, 1.807) is 0 Å². The topological polar surface area (TPSA) is 15.3 Å². The molecule has 0 spiro atoms. The number of hydrogen-bond acceptors (Lipinski definition) is 3. The fraction of sp³-hybridized carbons (Fsp3) is 0.444. The summed E-state index contributed by atoms with van der Waals surface area (Å²) >= 11 is 1.94. The zero-order valence-corrected chi connectivity index (χ0v) is 13.9. The van der Waals surface area contributed by atoms with Gasteiger partial charge in [-0.15, -0.1) is 11.3 Å². The zero-order valence-electron chi connectivity index (χ0n) is 13.1. The monoisotopic (exact) mass is 300 g/mol. The minimum Gasteiger partial charge on any atom is -0.311 e. The average molecular weight is 300 g/mol. The summed E-state index contributed by atoms with van der Waals surface area (Å²) in [7, 11) is 0. The smallest absolute Gasteiger partial charge is 0.0477 e. The molecule has 2 aromatic rings. The van der Waals surface area contributed by atoms with Crippen molar-refractivity contribution in [3.05, 3.63) is 57.3 Å². The Hall–Kier alpha value is -1.16. The summed E-state index contributed by atoms with van der Waals surface area (Å²) in [6.07, 6.45) is 0. The summed E-state index contributed by atoms with van der Waals surface area (Å²) in [6, 6.07) is 14.3. The van der Waals surface area contributed by atoms with Crippen molar-refractivity contribution in [1.29, 1.82) is 0 Å². The van der Waals surface area contributed by atoms with Crippen LogP contribution in [0.1, 0.15) is 33.8 Å². The molecule has 0 bridgehead atoms. The van der Waals surface area contributed by atoms with E-state index in [0.717, 1.165) is 19.6 Å². The molecule has 21 heavy (non-hydrogen) atoms. The van der Waals surface area contributed by atoms with Gasteiger partial charge in [-0.25, -0.2) is 0 Å². The molecule has 2 heterocycles. The average Bonchev–Trinajstić information content (AvgIpc) is 2.78. The van der Waals surface area contributed by atoms with Crippen LogP contribution in [0.4, 0.5) is 0 Å². The van der Waals surface area contributed by atoms with Gasteiger partial charge in [-0.05, 0) is 38.0 Å². The van der Waals surface area contributed by atoms with E-state index < -0.39 is 0 Å². The molecule has 3 rings (SSSR count). The second-order valence-corrected chi connectivity index (χ2v) is 7.46. The van der Waals surface area contributed by atoms with Crippen LogP contribution in [0.3, 0.4) is 0 Å². The lowest BCUT2D eigenvalue weighted by molar-refractivity contribution is 0.129. The molecule has 1 aromatic carbocycles. The van der Waals surface area contributed by atoms with Gasteiger partial charge >= 0.3 is 0 Å². The number of aryl methyl sites for hydroxylation is 2. The standard InChI is InChI=1S/C18H24N2S/c1-13-9-17(21-15(13)3)12-20-11-14(2)19-10-18(20)16-7-5-4-6-8-16/h4-9,14,18-19H,10-12H2,1-3H3. The van der Waals surface area contributed by atoms with E-state index in [1.807, 2.05) is 11.3 Å². The van der Waals surface area contributed by atoms with Gasteiger partial charge in [0.2, 0.25) is 0 Å². The van der Waals surface area contributed by atoms with Crippen LogP contribution in [-0.2, 0) is 6.54 Å². The van der Waals surface area contributed by atoms with Crippen LogP contribution >= 0.6 is 11.3 Å². The number of thiophene rings is 1. The van der Waals surface area contributed by atoms with E-state index >= 15 is 0 Å². The van der Waals surface area contributed by atoms with Gasteiger partial charge in [0.15, 0.2) is 0 Å². The maximum Gasteiger partial charge on any atom is 0.0477 e. The maximum atomic E-state index is 3.62. The fourth-order valence-electron chi connectivity index (χ4n) is 3.09. The van der Waals surface area contributed by atoms with Crippen LogP contribution in [0.15, 0.2) is 36.4 Å². The Morgan fingerprint density at radius 1 is 1.24 bits per heavy atom. The summed E-state index contributed by atoms with van der Waals surface area (Å²) in [5.74, 6) is 0. The predicted octanol–water partition coefficient (Wildman–Crippen LogP) is 3.90. The predicted molar refractivity (Wildman–Crippen MR) is 90.9 cm³/mol. The normalized spacial score (nSPS) is 23.4. The first kappa shape index (κ1) is 14.8. The lowest BCUT2D eigenvalue weighted by atomic mass is 10.0. The second kappa shape index (κ2) is 6.30. The molecule has 0 radical (unpaired) electrons. The molecular formula is C18H24N2S. The van der Waals surface area contributed by atoms with Crippen molar-refractivity contribution in [2.24, 2.45) is 0 Å². The Kier molecular flexibility index (Phi) is 4.43. The van der Waals surface area contributed by atoms with Gasteiger partial charge in [-0.2, -0.15) is 0 Å². The van der Waals surface area contributed by atoms with E-state index in [4.69, 9.17) is 0 Å². The Balaban J connectivity index is 1.81. The number of benzene rings is 1. The highest BCUT2D eigenvalue weighted by Gasteiger charge is 2.27. The first-order chi connectivity index (χ1) is 10.1. The summed E-state index contributed by atoms with van der Waals surface area (Å²) in [6.45, 7) is 9.91. The Bertz CT molecular complexity index is 571. The summed E-state index contributed by atoms with van der Waals surface area (Å²) in [5.41, 5.74) is 2.84. The number of nitrogens with one attached hydrogen (secondary N) is 1. The molecule has 3 heteroatoms. The van der Waals surface area contributed by atoms with Gasteiger partial charge in [0.1, 0.15) is 0 Å². The van der Waals surface area contributed by atoms with Gasteiger partial charge in [0.05, 0.1) is 0 Å². The molecule has 0 aliphatic carbocycles. The molecule has 1 saturated heterocycles. The third kappa shape index (κ3) is 3.37. The molecular weight excluding hydrogens is 276 g/mol. The molecule has 1 N–H and O–H groups in total. The van der Waals surface area contributed by atoms with E-state index in [9.17, 15) is 0 Å². The highest BCUT2D eigenvalue weighted by molar-refractivity contribution is 7.12. The molecule has 2 unspecified atom stereocenters. The minimum atomic E-state index is 0.477. The fourth-order valence-corrected chi connectivity index (χ4v) is 4.17. The van der Waals surface area contributed by atoms with Gasteiger partial charge in [0.25, 0.3) is 0 Å². The second-order valence-electron chi connectivity index (χ2n) is 6.12. The lowest BCUT2D eigenvalue weighted by Crippen LogP contribution is -2.50. The SMILES string of the molecule is Cc1cc(CN2CC(C)NCC2c2ccccc2)sc1C. The number of piperazine rings is 1. The molecule has 2 atom stereocenters. The third-order valence-corrected chi connectivity index (χ3v) is 5.51. The first-order valence-electron chi connectivity index (χ1n) is 7.72. The van der Waals surface area contributed by atoms with Gasteiger partial charge in [-0.1, -0.05) is 30.3 Å². The first-order valence-corrected chi connectivity index (χ1v) is 8.53. The van der Waals surface area contributed by atoms with Crippen LogP contribution < -0.4 is 5.32 Å². The van der Waals surface area contributed by atoms with E-state index in [1.165, 1.54) is 20.9 Å². The van der Waals surface area contributed by atoms with Crippen LogP contribution in [-0.4, -0.2) is 24.0 Å². The van der Waals surface area contributed by atoms with Gasteiger partial charge < -0.3 is 5.32 Å². The molecule has 1 fully saturated rings. The minimum absolute atomic E-state index is 0.477. The molecule has 1 aliphatic heterocycles. The quantitative estimate of drug-likeness (QED) is 0.925. The van der Waals surface area contributed by atoms with Crippen molar-refractivity contribution in [1.82, 2.24) is 10.2 Å². The highest BCUT2D eigenvalue weighted by Crippen LogP contribution is 2.28. The van der Waals surface area contributed by atoms with E-state index in [0.29, 0.717) is 12.1 Å². The molecule has 1 aliphatic rings.